The number of H-pyrrole nitrogens is 1. The number of piperidine rings is 1. The number of benzene rings is 1. The highest BCUT2D eigenvalue weighted by molar-refractivity contribution is 9.10. The van der Waals surface area contributed by atoms with Crippen molar-refractivity contribution in [1.82, 2.24) is 14.5 Å². The van der Waals surface area contributed by atoms with Gasteiger partial charge >= 0.3 is 11.8 Å². The topological polar surface area (TPSA) is 67.3 Å². The zero-order valence-electron chi connectivity index (χ0n) is 14.1. The van der Waals surface area contributed by atoms with E-state index in [1.165, 1.54) is 0 Å². The molecule has 1 aromatic heterocycles. The van der Waals surface area contributed by atoms with Gasteiger partial charge in [0.15, 0.2) is 0 Å². The summed E-state index contributed by atoms with van der Waals surface area (Å²) in [5.41, 5.74) is 1.13. The molecular formula is C17H22BrN3O3. The highest BCUT2D eigenvalue weighted by atomic mass is 79.9. The number of nitrogens with zero attached hydrogens (tertiary/aromatic N) is 2. The summed E-state index contributed by atoms with van der Waals surface area (Å²) >= 11 is 3.46. The normalized spacial score (nSPS) is 16.6. The van der Waals surface area contributed by atoms with Crippen LogP contribution < -0.4 is 5.69 Å². The summed E-state index contributed by atoms with van der Waals surface area (Å²) in [5, 5.41) is 0. The zero-order chi connectivity index (χ0) is 17.5. The number of ether oxygens (including phenoxy) is 1. The third-order valence-corrected chi connectivity index (χ3v) is 4.65. The fourth-order valence-corrected chi connectivity index (χ4v) is 3.44. The van der Waals surface area contributed by atoms with Crippen LogP contribution in [0.25, 0.3) is 11.0 Å². The summed E-state index contributed by atoms with van der Waals surface area (Å²) in [6, 6.07) is 5.84. The quantitative estimate of drug-likeness (QED) is 0.800. The van der Waals surface area contributed by atoms with Gasteiger partial charge in [-0.15, -0.1) is 0 Å². The van der Waals surface area contributed by atoms with Gasteiger partial charge in [-0.25, -0.2) is 9.59 Å². The van der Waals surface area contributed by atoms with E-state index in [1.54, 1.807) is 4.90 Å². The first-order valence-corrected chi connectivity index (χ1v) is 8.91. The Bertz CT molecular complexity index is 811. The molecule has 7 heteroatoms. The minimum absolute atomic E-state index is 0.0826. The van der Waals surface area contributed by atoms with Gasteiger partial charge < -0.3 is 14.6 Å². The number of aromatic nitrogens is 2. The number of rotatable bonds is 1. The lowest BCUT2D eigenvalue weighted by atomic mass is 10.0. The van der Waals surface area contributed by atoms with Gasteiger partial charge in [0.05, 0.1) is 11.0 Å². The van der Waals surface area contributed by atoms with Crippen LogP contribution in [0.4, 0.5) is 4.79 Å². The Morgan fingerprint density at radius 1 is 1.29 bits per heavy atom. The van der Waals surface area contributed by atoms with Gasteiger partial charge in [0.25, 0.3) is 0 Å². The number of hydrogen-bond acceptors (Lipinski definition) is 3. The molecule has 0 saturated carbocycles. The summed E-state index contributed by atoms with van der Waals surface area (Å²) in [6.07, 6.45) is 1.19. The Balaban J connectivity index is 1.76. The van der Waals surface area contributed by atoms with E-state index in [0.29, 0.717) is 13.1 Å². The lowest BCUT2D eigenvalue weighted by molar-refractivity contribution is 0.0189. The molecule has 0 aliphatic carbocycles. The summed E-state index contributed by atoms with van der Waals surface area (Å²) < 4.78 is 8.17. The largest absolute Gasteiger partial charge is 0.444 e. The van der Waals surface area contributed by atoms with Crippen molar-refractivity contribution in [2.45, 2.75) is 45.3 Å². The van der Waals surface area contributed by atoms with E-state index in [9.17, 15) is 9.59 Å². The molecule has 0 spiro atoms. The number of carbonyl (C=O) groups excluding carboxylic acids is 1. The lowest BCUT2D eigenvalue weighted by Crippen LogP contribution is -2.43. The monoisotopic (exact) mass is 395 g/mol. The number of hydrogen-bond donors (Lipinski definition) is 1. The van der Waals surface area contributed by atoms with Crippen LogP contribution in [-0.2, 0) is 4.74 Å². The first-order chi connectivity index (χ1) is 11.2. The van der Waals surface area contributed by atoms with Crippen LogP contribution in [0, 0.1) is 0 Å². The smallest absolute Gasteiger partial charge is 0.410 e. The van der Waals surface area contributed by atoms with Crippen molar-refractivity contribution in [3.63, 3.8) is 0 Å². The maximum Gasteiger partial charge on any atom is 0.410 e. The van der Waals surface area contributed by atoms with Crippen molar-refractivity contribution in [2.75, 3.05) is 13.1 Å². The molecule has 2 heterocycles. The molecule has 0 bridgehead atoms. The number of aromatic amines is 1. The van der Waals surface area contributed by atoms with Crippen LogP contribution in [0.3, 0.4) is 0 Å². The average molecular weight is 396 g/mol. The van der Waals surface area contributed by atoms with Crippen molar-refractivity contribution in [3.05, 3.63) is 33.2 Å². The maximum absolute atomic E-state index is 12.3. The van der Waals surface area contributed by atoms with Gasteiger partial charge in [0, 0.05) is 23.6 Å². The molecule has 0 radical (unpaired) electrons. The number of imidazole rings is 1. The van der Waals surface area contributed by atoms with Crippen molar-refractivity contribution < 1.29 is 9.53 Å². The number of amides is 1. The number of nitrogens with one attached hydrogen (secondary N) is 1. The molecule has 6 nitrogen and oxygen atoms in total. The van der Waals surface area contributed by atoms with Gasteiger partial charge in [-0.3, -0.25) is 4.57 Å². The Kier molecular flexibility index (Phi) is 4.46. The summed E-state index contributed by atoms with van der Waals surface area (Å²) in [4.78, 5) is 29.1. The molecule has 2 aromatic rings. The molecule has 130 valence electrons. The highest BCUT2D eigenvalue weighted by Crippen LogP contribution is 2.27. The lowest BCUT2D eigenvalue weighted by Gasteiger charge is -2.33. The maximum atomic E-state index is 12.3. The van der Waals surface area contributed by atoms with Crippen LogP contribution in [0.2, 0.25) is 0 Å². The molecule has 0 atom stereocenters. The summed E-state index contributed by atoms with van der Waals surface area (Å²) in [7, 11) is 0. The van der Waals surface area contributed by atoms with Crippen LogP contribution in [0.15, 0.2) is 27.5 Å². The second-order valence-corrected chi connectivity index (χ2v) is 8.08. The molecule has 1 N–H and O–H groups in total. The molecule has 24 heavy (non-hydrogen) atoms. The van der Waals surface area contributed by atoms with Crippen molar-refractivity contribution >= 4 is 33.1 Å². The Morgan fingerprint density at radius 3 is 2.58 bits per heavy atom. The second kappa shape index (κ2) is 6.27. The Labute approximate surface area is 148 Å². The van der Waals surface area contributed by atoms with E-state index in [1.807, 2.05) is 43.5 Å². The average Bonchev–Trinajstić information content (AvgIpc) is 2.81. The molecule has 1 aromatic carbocycles. The first-order valence-electron chi connectivity index (χ1n) is 8.12. The highest BCUT2D eigenvalue weighted by Gasteiger charge is 2.28. The standard InChI is InChI=1S/C17H22BrN3O3/c1-17(2,3)24-16(23)20-8-6-12(7-9-20)21-14-10-11(18)4-5-13(14)19-15(21)22/h4-5,10,12H,6-9H2,1-3H3,(H,19,22). The first kappa shape index (κ1) is 17.1. The van der Waals surface area contributed by atoms with E-state index >= 15 is 0 Å². The van der Waals surface area contributed by atoms with Crippen molar-refractivity contribution in [2.24, 2.45) is 0 Å². The van der Waals surface area contributed by atoms with E-state index < -0.39 is 5.60 Å². The van der Waals surface area contributed by atoms with Gasteiger partial charge in [0.2, 0.25) is 0 Å². The van der Waals surface area contributed by atoms with Gasteiger partial charge in [-0.2, -0.15) is 0 Å². The van der Waals surface area contributed by atoms with Crippen LogP contribution >= 0.6 is 15.9 Å². The van der Waals surface area contributed by atoms with E-state index in [4.69, 9.17) is 4.74 Å². The fourth-order valence-electron chi connectivity index (χ4n) is 3.09. The van der Waals surface area contributed by atoms with Crippen molar-refractivity contribution in [1.29, 1.82) is 0 Å². The summed E-state index contributed by atoms with van der Waals surface area (Å²) in [5.74, 6) is 0. The number of carbonyl (C=O) groups is 1. The molecule has 1 fully saturated rings. The molecule has 3 rings (SSSR count). The van der Waals surface area contributed by atoms with Crippen molar-refractivity contribution in [3.8, 4) is 0 Å². The third-order valence-electron chi connectivity index (χ3n) is 4.16. The molecule has 1 aliphatic rings. The number of likely N-dealkylation sites (tertiary alicyclic amines) is 1. The molecule has 1 amide bonds. The Morgan fingerprint density at radius 2 is 1.96 bits per heavy atom. The number of fused-ring (bicyclic) bond motifs is 1. The minimum Gasteiger partial charge on any atom is -0.444 e. The van der Waals surface area contributed by atoms with E-state index in [-0.39, 0.29) is 17.8 Å². The van der Waals surface area contributed by atoms with Crippen LogP contribution in [0.5, 0.6) is 0 Å². The van der Waals surface area contributed by atoms with Crippen LogP contribution in [-0.4, -0.2) is 39.2 Å². The SMILES string of the molecule is CC(C)(C)OC(=O)N1CCC(n2c(=O)[nH]c3ccc(Br)cc32)CC1. The predicted octanol–water partition coefficient (Wildman–Crippen LogP) is 3.66. The molecule has 1 saturated heterocycles. The second-order valence-electron chi connectivity index (χ2n) is 7.16. The van der Waals surface area contributed by atoms with Gasteiger partial charge in [-0.05, 0) is 51.8 Å². The molecular weight excluding hydrogens is 374 g/mol. The van der Waals surface area contributed by atoms with E-state index in [2.05, 4.69) is 20.9 Å². The fraction of sp³-hybridized carbons (Fsp3) is 0.529. The predicted molar refractivity (Wildman–Crippen MR) is 96.3 cm³/mol. The minimum atomic E-state index is -0.492. The third kappa shape index (κ3) is 3.50. The summed E-state index contributed by atoms with van der Waals surface area (Å²) in [6.45, 7) is 6.77. The molecule has 1 aliphatic heterocycles. The Hall–Kier alpha value is -1.76. The van der Waals surface area contributed by atoms with Gasteiger partial charge in [-0.1, -0.05) is 15.9 Å². The van der Waals surface area contributed by atoms with E-state index in [0.717, 1.165) is 28.3 Å². The van der Waals surface area contributed by atoms with Gasteiger partial charge in [0.1, 0.15) is 5.60 Å². The van der Waals surface area contributed by atoms with Crippen LogP contribution in [0.1, 0.15) is 39.7 Å². The number of halogens is 1. The molecule has 0 unspecified atom stereocenters. The zero-order valence-corrected chi connectivity index (χ0v) is 15.7.